The van der Waals surface area contributed by atoms with Gasteiger partial charge in [-0.2, -0.15) is 0 Å². The van der Waals surface area contributed by atoms with E-state index in [0.717, 1.165) is 0 Å². The van der Waals surface area contributed by atoms with Crippen LogP contribution in [-0.4, -0.2) is 39.3 Å². The first-order valence-electron chi connectivity index (χ1n) is 8.81. The van der Waals surface area contributed by atoms with Crippen LogP contribution < -0.4 is 0 Å². The van der Waals surface area contributed by atoms with Gasteiger partial charge >= 0.3 is 5.97 Å². The number of benzene rings is 2. The third-order valence-electron chi connectivity index (χ3n) is 4.63. The van der Waals surface area contributed by atoms with E-state index in [1.54, 1.807) is 48.5 Å². The minimum Gasteiger partial charge on any atom is -0.507 e. The minimum atomic E-state index is -0.995. The molecule has 150 valence electrons. The Kier molecular flexibility index (Phi) is 6.25. The maximum atomic E-state index is 12.8. The van der Waals surface area contributed by atoms with Crippen molar-refractivity contribution in [3.63, 3.8) is 0 Å². The maximum absolute atomic E-state index is 12.8. The van der Waals surface area contributed by atoms with Gasteiger partial charge in [0.1, 0.15) is 5.76 Å². The Bertz CT molecular complexity index is 983. The van der Waals surface area contributed by atoms with Gasteiger partial charge in [-0.3, -0.25) is 14.4 Å². The van der Waals surface area contributed by atoms with E-state index in [1.807, 2.05) is 0 Å². The molecule has 0 aliphatic carbocycles. The van der Waals surface area contributed by atoms with E-state index in [9.17, 15) is 19.5 Å². The molecule has 1 amide bonds. The van der Waals surface area contributed by atoms with Gasteiger partial charge in [-0.15, -0.1) is 0 Å². The molecule has 0 aromatic heterocycles. The monoisotopic (exact) mass is 433 g/mol. The zero-order chi connectivity index (χ0) is 21.1. The van der Waals surface area contributed by atoms with Crippen LogP contribution in [0.5, 0.6) is 0 Å². The second kappa shape index (κ2) is 8.68. The summed E-state index contributed by atoms with van der Waals surface area (Å²) < 4.78 is 0. The van der Waals surface area contributed by atoms with Crippen LogP contribution in [0.4, 0.5) is 0 Å². The number of likely N-dealkylation sites (tertiary alicyclic amines) is 1. The highest BCUT2D eigenvalue weighted by Crippen LogP contribution is 2.39. The number of hydrogen-bond acceptors (Lipinski definition) is 4. The van der Waals surface area contributed by atoms with Crippen LogP contribution in [-0.2, 0) is 14.4 Å². The molecule has 2 N–H and O–H groups in total. The van der Waals surface area contributed by atoms with Gasteiger partial charge < -0.3 is 15.1 Å². The van der Waals surface area contributed by atoms with Crippen molar-refractivity contribution >= 4 is 46.6 Å². The Hall–Kier alpha value is -2.83. The van der Waals surface area contributed by atoms with E-state index in [2.05, 4.69) is 0 Å². The number of carboxylic acids is 1. The fourth-order valence-corrected chi connectivity index (χ4v) is 3.52. The van der Waals surface area contributed by atoms with Crippen molar-refractivity contribution in [3.05, 3.63) is 75.3 Å². The summed E-state index contributed by atoms with van der Waals surface area (Å²) in [6, 6.07) is 12.0. The molecule has 1 aliphatic heterocycles. The summed E-state index contributed by atoms with van der Waals surface area (Å²) in [5, 5.41) is 20.7. The molecule has 0 unspecified atom stereocenters. The summed E-state index contributed by atoms with van der Waals surface area (Å²) >= 11 is 11.8. The number of Topliss-reactive ketones (excluding diaryl/α,β-unsaturated/α-hetero) is 1. The average molecular weight is 434 g/mol. The van der Waals surface area contributed by atoms with E-state index < -0.39 is 23.7 Å². The molecule has 1 fully saturated rings. The second-order valence-corrected chi connectivity index (χ2v) is 7.42. The van der Waals surface area contributed by atoms with Crippen LogP contribution in [0.2, 0.25) is 10.0 Å². The largest absolute Gasteiger partial charge is 0.507 e. The standard InChI is InChI=1S/C21H17Cl2NO5/c22-14-7-3-12(4-8-14)18-17(19(27)13-5-9-15(23)10-6-13)20(28)21(29)24(18)11-1-2-16(25)26/h3-10,18,27H,1-2,11H2,(H,25,26)/t18-/m0/s1. The van der Waals surface area contributed by atoms with Gasteiger partial charge in [-0.1, -0.05) is 35.3 Å². The van der Waals surface area contributed by atoms with Crippen molar-refractivity contribution in [1.82, 2.24) is 4.90 Å². The predicted molar refractivity (Wildman–Crippen MR) is 109 cm³/mol. The maximum Gasteiger partial charge on any atom is 0.303 e. The summed E-state index contributed by atoms with van der Waals surface area (Å²) in [5.74, 6) is -2.93. The van der Waals surface area contributed by atoms with Crippen LogP contribution in [0.25, 0.3) is 5.76 Å². The smallest absolute Gasteiger partial charge is 0.303 e. The number of aliphatic hydroxyl groups excluding tert-OH is 1. The summed E-state index contributed by atoms with van der Waals surface area (Å²) in [4.78, 5) is 37.6. The van der Waals surface area contributed by atoms with E-state index >= 15 is 0 Å². The van der Waals surface area contributed by atoms with Crippen LogP contribution in [0, 0.1) is 0 Å². The molecular weight excluding hydrogens is 417 g/mol. The molecule has 1 aliphatic rings. The van der Waals surface area contributed by atoms with Crippen LogP contribution in [0.3, 0.4) is 0 Å². The van der Waals surface area contributed by atoms with Crippen LogP contribution >= 0.6 is 23.2 Å². The number of hydrogen-bond donors (Lipinski definition) is 2. The lowest BCUT2D eigenvalue weighted by Crippen LogP contribution is -2.31. The fraction of sp³-hybridized carbons (Fsp3) is 0.190. The van der Waals surface area contributed by atoms with Crippen molar-refractivity contribution in [2.75, 3.05) is 6.54 Å². The molecular formula is C21H17Cl2NO5. The van der Waals surface area contributed by atoms with E-state index in [4.69, 9.17) is 28.3 Å². The molecule has 0 spiro atoms. The molecule has 0 bridgehead atoms. The van der Waals surface area contributed by atoms with E-state index in [1.165, 1.54) is 4.90 Å². The van der Waals surface area contributed by atoms with Gasteiger partial charge in [-0.25, -0.2) is 0 Å². The minimum absolute atomic E-state index is 0.0571. The Balaban J connectivity index is 2.08. The Morgan fingerprint density at radius 1 is 0.931 bits per heavy atom. The molecule has 3 rings (SSSR count). The topological polar surface area (TPSA) is 94.9 Å². The van der Waals surface area contributed by atoms with Crippen molar-refractivity contribution < 1.29 is 24.6 Å². The molecule has 8 heteroatoms. The lowest BCUT2D eigenvalue weighted by molar-refractivity contribution is -0.140. The Labute approximate surface area is 177 Å². The number of aliphatic carboxylic acids is 1. The number of aliphatic hydroxyl groups is 1. The SMILES string of the molecule is O=C(O)CCCN1C(=O)C(=O)C(=C(O)c2ccc(Cl)cc2)[C@@H]1c1ccc(Cl)cc1. The lowest BCUT2D eigenvalue weighted by Gasteiger charge is -2.25. The number of rotatable bonds is 6. The number of carbonyl (C=O) groups excluding carboxylic acids is 2. The highest BCUT2D eigenvalue weighted by Gasteiger charge is 2.45. The third-order valence-corrected chi connectivity index (χ3v) is 5.14. The Morgan fingerprint density at radius 2 is 1.48 bits per heavy atom. The van der Waals surface area contributed by atoms with E-state index in [0.29, 0.717) is 21.2 Å². The van der Waals surface area contributed by atoms with Gasteiger partial charge in [0.2, 0.25) is 0 Å². The molecule has 1 saturated heterocycles. The Morgan fingerprint density at radius 3 is 2.03 bits per heavy atom. The highest BCUT2D eigenvalue weighted by atomic mass is 35.5. The summed E-state index contributed by atoms with van der Waals surface area (Å²) in [6.45, 7) is 0.0571. The predicted octanol–water partition coefficient (Wildman–Crippen LogP) is 4.28. The van der Waals surface area contributed by atoms with Gasteiger partial charge in [0.05, 0.1) is 11.6 Å². The molecule has 6 nitrogen and oxygen atoms in total. The molecule has 0 saturated carbocycles. The molecule has 0 radical (unpaired) electrons. The average Bonchev–Trinajstić information content (AvgIpc) is 2.93. The first kappa shape index (κ1) is 20.9. The zero-order valence-electron chi connectivity index (χ0n) is 15.1. The molecule has 1 heterocycles. The number of carboxylic acid groups (broad SMARTS) is 1. The normalized spacial score (nSPS) is 18.3. The molecule has 29 heavy (non-hydrogen) atoms. The van der Waals surface area contributed by atoms with Crippen molar-refractivity contribution in [2.24, 2.45) is 0 Å². The third kappa shape index (κ3) is 4.44. The fourth-order valence-electron chi connectivity index (χ4n) is 3.27. The van der Waals surface area contributed by atoms with Crippen LogP contribution in [0.1, 0.15) is 30.0 Å². The van der Waals surface area contributed by atoms with E-state index in [-0.39, 0.29) is 30.7 Å². The van der Waals surface area contributed by atoms with Gasteiger partial charge in [0, 0.05) is 28.6 Å². The number of carbonyl (C=O) groups is 3. The number of halogens is 2. The first-order valence-corrected chi connectivity index (χ1v) is 9.57. The molecule has 2 aromatic rings. The molecule has 2 aromatic carbocycles. The number of amides is 1. The van der Waals surface area contributed by atoms with Gasteiger partial charge in [-0.05, 0) is 48.4 Å². The molecule has 1 atom stereocenters. The summed E-state index contributed by atoms with van der Waals surface area (Å²) in [7, 11) is 0. The van der Waals surface area contributed by atoms with Crippen LogP contribution in [0.15, 0.2) is 54.1 Å². The van der Waals surface area contributed by atoms with Gasteiger partial charge in [0.25, 0.3) is 11.7 Å². The summed E-state index contributed by atoms with van der Waals surface area (Å²) in [5.41, 5.74) is 0.867. The number of nitrogens with zero attached hydrogens (tertiary/aromatic N) is 1. The summed E-state index contributed by atoms with van der Waals surface area (Å²) in [6.07, 6.45) is 0.0287. The van der Waals surface area contributed by atoms with Crippen molar-refractivity contribution in [1.29, 1.82) is 0 Å². The first-order chi connectivity index (χ1) is 13.8. The quantitative estimate of drug-likeness (QED) is 0.402. The van der Waals surface area contributed by atoms with Crippen molar-refractivity contribution in [2.45, 2.75) is 18.9 Å². The van der Waals surface area contributed by atoms with Crippen molar-refractivity contribution in [3.8, 4) is 0 Å². The highest BCUT2D eigenvalue weighted by molar-refractivity contribution is 6.46. The number of ketones is 1. The second-order valence-electron chi connectivity index (χ2n) is 6.55. The zero-order valence-corrected chi connectivity index (χ0v) is 16.7. The lowest BCUT2D eigenvalue weighted by atomic mass is 9.95. The van der Waals surface area contributed by atoms with Gasteiger partial charge in [0.15, 0.2) is 0 Å².